The number of carbonyl (C=O) groups is 1. The van der Waals surface area contributed by atoms with Gasteiger partial charge in [-0.05, 0) is 18.2 Å². The second-order valence-electron chi connectivity index (χ2n) is 2.49. The topological polar surface area (TPSA) is 87.0 Å². The van der Waals surface area contributed by atoms with E-state index < -0.39 is 5.97 Å². The SMILES string of the molecule is O=C(C=Cc1ccc(O)cc1O)OO. The number of phenolic OH excluding ortho intramolecular Hbond substituents is 2. The summed E-state index contributed by atoms with van der Waals surface area (Å²) in [5.74, 6) is -1.20. The highest BCUT2D eigenvalue weighted by Gasteiger charge is 2.00. The minimum absolute atomic E-state index is 0.0793. The Morgan fingerprint density at radius 1 is 1.36 bits per heavy atom. The van der Waals surface area contributed by atoms with Gasteiger partial charge in [0.05, 0.1) is 0 Å². The molecule has 0 saturated carbocycles. The number of hydrogen-bond acceptors (Lipinski definition) is 5. The molecule has 0 aliphatic carbocycles. The quantitative estimate of drug-likeness (QED) is 0.375. The Balaban J connectivity index is 2.87. The molecule has 0 aliphatic rings. The normalized spacial score (nSPS) is 10.4. The van der Waals surface area contributed by atoms with Crippen molar-refractivity contribution in [3.63, 3.8) is 0 Å². The molecule has 0 radical (unpaired) electrons. The Bertz CT molecular complexity index is 369. The van der Waals surface area contributed by atoms with Gasteiger partial charge in [-0.25, -0.2) is 4.79 Å². The van der Waals surface area contributed by atoms with Crippen molar-refractivity contribution < 1.29 is 25.2 Å². The molecule has 0 aliphatic heterocycles. The van der Waals surface area contributed by atoms with Gasteiger partial charge in [0.15, 0.2) is 0 Å². The molecular formula is C9H8O5. The van der Waals surface area contributed by atoms with Crippen molar-refractivity contribution in [1.82, 2.24) is 0 Å². The molecule has 74 valence electrons. The largest absolute Gasteiger partial charge is 0.508 e. The third-order valence-electron chi connectivity index (χ3n) is 1.50. The fraction of sp³-hybridized carbons (Fsp3) is 0. The summed E-state index contributed by atoms with van der Waals surface area (Å²) >= 11 is 0. The average Bonchev–Trinajstić information content (AvgIpc) is 2.16. The highest BCUT2D eigenvalue weighted by Crippen LogP contribution is 2.23. The minimum Gasteiger partial charge on any atom is -0.508 e. The average molecular weight is 196 g/mol. The second kappa shape index (κ2) is 4.29. The summed E-state index contributed by atoms with van der Waals surface area (Å²) in [6.45, 7) is 0. The van der Waals surface area contributed by atoms with Crippen molar-refractivity contribution in [3.05, 3.63) is 29.8 Å². The molecule has 1 aromatic rings. The maximum Gasteiger partial charge on any atom is 0.365 e. The highest BCUT2D eigenvalue weighted by atomic mass is 17.1. The molecule has 5 heteroatoms. The van der Waals surface area contributed by atoms with Gasteiger partial charge in [0, 0.05) is 17.7 Å². The minimum atomic E-state index is -0.947. The van der Waals surface area contributed by atoms with E-state index in [-0.39, 0.29) is 11.5 Å². The zero-order valence-electron chi connectivity index (χ0n) is 7.04. The predicted octanol–water partition coefficient (Wildman–Crippen LogP) is 1.13. The maximum atomic E-state index is 10.5. The van der Waals surface area contributed by atoms with E-state index in [4.69, 9.17) is 10.4 Å². The monoisotopic (exact) mass is 196 g/mol. The second-order valence-corrected chi connectivity index (χ2v) is 2.49. The van der Waals surface area contributed by atoms with Crippen molar-refractivity contribution in [2.75, 3.05) is 0 Å². The molecule has 0 heterocycles. The van der Waals surface area contributed by atoms with Crippen molar-refractivity contribution >= 4 is 12.0 Å². The number of benzene rings is 1. The molecule has 3 N–H and O–H groups in total. The zero-order valence-corrected chi connectivity index (χ0v) is 7.04. The van der Waals surface area contributed by atoms with Crippen LogP contribution in [0.1, 0.15) is 5.56 Å². The smallest absolute Gasteiger partial charge is 0.365 e. The lowest BCUT2D eigenvalue weighted by Gasteiger charge is -1.98. The van der Waals surface area contributed by atoms with Gasteiger partial charge >= 0.3 is 5.97 Å². The molecule has 0 saturated heterocycles. The maximum absolute atomic E-state index is 10.5. The lowest BCUT2D eigenvalue weighted by molar-refractivity contribution is -0.227. The van der Waals surface area contributed by atoms with E-state index in [1.165, 1.54) is 18.2 Å². The van der Waals surface area contributed by atoms with Crippen LogP contribution < -0.4 is 0 Å². The van der Waals surface area contributed by atoms with Gasteiger partial charge < -0.3 is 10.2 Å². The van der Waals surface area contributed by atoms with Crippen LogP contribution in [-0.2, 0) is 9.68 Å². The van der Waals surface area contributed by atoms with Crippen molar-refractivity contribution in [2.45, 2.75) is 0 Å². The first-order chi connectivity index (χ1) is 6.63. The Kier molecular flexibility index (Phi) is 3.09. The van der Waals surface area contributed by atoms with Gasteiger partial charge in [-0.3, -0.25) is 4.89 Å². The van der Waals surface area contributed by atoms with E-state index >= 15 is 0 Å². The van der Waals surface area contributed by atoms with E-state index in [2.05, 4.69) is 4.89 Å². The summed E-state index contributed by atoms with van der Waals surface area (Å²) in [6.07, 6.45) is 2.18. The van der Waals surface area contributed by atoms with Gasteiger partial charge in [0.25, 0.3) is 0 Å². The Labute approximate surface area is 79.4 Å². The molecule has 0 fully saturated rings. The Morgan fingerprint density at radius 3 is 2.64 bits per heavy atom. The number of rotatable bonds is 2. The summed E-state index contributed by atoms with van der Waals surface area (Å²) < 4.78 is 0. The van der Waals surface area contributed by atoms with Crippen molar-refractivity contribution in [3.8, 4) is 11.5 Å². The first kappa shape index (κ1) is 10.1. The van der Waals surface area contributed by atoms with E-state index in [0.29, 0.717) is 5.56 Å². The van der Waals surface area contributed by atoms with Crippen LogP contribution in [0.2, 0.25) is 0 Å². The van der Waals surface area contributed by atoms with Crippen LogP contribution >= 0.6 is 0 Å². The van der Waals surface area contributed by atoms with Crippen LogP contribution in [0.25, 0.3) is 6.08 Å². The van der Waals surface area contributed by atoms with Crippen molar-refractivity contribution in [2.24, 2.45) is 0 Å². The van der Waals surface area contributed by atoms with Gasteiger partial charge in [0.1, 0.15) is 11.5 Å². The molecule has 14 heavy (non-hydrogen) atoms. The van der Waals surface area contributed by atoms with Crippen LogP contribution in [0.15, 0.2) is 24.3 Å². The molecule has 0 atom stereocenters. The van der Waals surface area contributed by atoms with Crippen LogP contribution in [0.4, 0.5) is 0 Å². The number of aromatic hydroxyl groups is 2. The number of carbonyl (C=O) groups excluding carboxylic acids is 1. The summed E-state index contributed by atoms with van der Waals surface area (Å²) in [5.41, 5.74) is 0.327. The van der Waals surface area contributed by atoms with Gasteiger partial charge in [0.2, 0.25) is 0 Å². The van der Waals surface area contributed by atoms with Crippen LogP contribution in [0.3, 0.4) is 0 Å². The first-order valence-corrected chi connectivity index (χ1v) is 3.69. The molecule has 1 rings (SSSR count). The predicted molar refractivity (Wildman–Crippen MR) is 47.5 cm³/mol. The molecule has 5 nitrogen and oxygen atoms in total. The molecule has 0 aromatic heterocycles. The summed E-state index contributed by atoms with van der Waals surface area (Å²) in [6, 6.07) is 3.89. The first-order valence-electron chi connectivity index (χ1n) is 3.69. The van der Waals surface area contributed by atoms with E-state index in [9.17, 15) is 9.90 Å². The van der Waals surface area contributed by atoms with E-state index in [1.807, 2.05) is 0 Å². The van der Waals surface area contributed by atoms with Gasteiger partial charge in [-0.2, -0.15) is 5.26 Å². The van der Waals surface area contributed by atoms with Gasteiger partial charge in [-0.15, -0.1) is 0 Å². The molecule has 0 unspecified atom stereocenters. The van der Waals surface area contributed by atoms with Crippen LogP contribution in [-0.4, -0.2) is 21.4 Å². The summed E-state index contributed by atoms with van der Waals surface area (Å²) in [4.78, 5) is 13.9. The zero-order chi connectivity index (χ0) is 10.6. The fourth-order valence-corrected chi connectivity index (χ4v) is 0.861. The van der Waals surface area contributed by atoms with E-state index in [0.717, 1.165) is 12.1 Å². The molecule has 1 aromatic carbocycles. The fourth-order valence-electron chi connectivity index (χ4n) is 0.861. The number of phenols is 2. The number of hydrogen-bond donors (Lipinski definition) is 3. The third-order valence-corrected chi connectivity index (χ3v) is 1.50. The Morgan fingerprint density at radius 2 is 2.07 bits per heavy atom. The molecule has 0 bridgehead atoms. The summed E-state index contributed by atoms with van der Waals surface area (Å²) in [5, 5.41) is 26.1. The van der Waals surface area contributed by atoms with Crippen molar-refractivity contribution in [1.29, 1.82) is 0 Å². The van der Waals surface area contributed by atoms with Crippen LogP contribution in [0, 0.1) is 0 Å². The standard InChI is InChI=1S/C9H8O5/c10-7-3-1-6(8(11)5-7)2-4-9(12)14-13/h1-5,10-11,13H. The highest BCUT2D eigenvalue weighted by molar-refractivity contribution is 5.87. The molecule has 0 amide bonds. The lowest BCUT2D eigenvalue weighted by Crippen LogP contribution is -1.93. The van der Waals surface area contributed by atoms with E-state index in [1.54, 1.807) is 0 Å². The van der Waals surface area contributed by atoms with Gasteiger partial charge in [-0.1, -0.05) is 0 Å². The molecular weight excluding hydrogens is 188 g/mol. The molecule has 0 spiro atoms. The lowest BCUT2D eigenvalue weighted by atomic mass is 10.2. The summed E-state index contributed by atoms with van der Waals surface area (Å²) in [7, 11) is 0. The third kappa shape index (κ3) is 2.49. The Hall–Kier alpha value is -2.01. The van der Waals surface area contributed by atoms with Crippen LogP contribution in [0.5, 0.6) is 11.5 Å².